The minimum absolute atomic E-state index is 0.497. The number of nitrogens with one attached hydrogen (secondary N) is 2. The number of benzene rings is 1. The Morgan fingerprint density at radius 2 is 2.12 bits per heavy atom. The first-order chi connectivity index (χ1) is 7.90. The Balaban J connectivity index is 2.67. The van der Waals surface area contributed by atoms with E-state index in [1.165, 1.54) is 0 Å². The van der Waals surface area contributed by atoms with Crippen molar-refractivity contribution >= 4 is 45.2 Å². The molecule has 0 heterocycles. The van der Waals surface area contributed by atoms with E-state index in [9.17, 15) is 9.59 Å². The van der Waals surface area contributed by atoms with Crippen molar-refractivity contribution in [2.45, 2.75) is 13.0 Å². The molecule has 1 aromatic rings. The minimum Gasteiger partial charge on any atom is -0.374 e. The van der Waals surface area contributed by atoms with Crippen LogP contribution in [0.3, 0.4) is 0 Å². The Morgan fingerprint density at radius 3 is 2.65 bits per heavy atom. The third-order valence-corrected chi connectivity index (χ3v) is 3.16. The molecule has 17 heavy (non-hydrogen) atoms. The van der Waals surface area contributed by atoms with Crippen LogP contribution >= 0.6 is 27.5 Å². The molecule has 0 aliphatic rings. The number of primary amides is 1. The number of imide groups is 1. The van der Waals surface area contributed by atoms with Gasteiger partial charge < -0.3 is 11.1 Å². The lowest BCUT2D eigenvalue weighted by molar-refractivity contribution is -0.120. The predicted molar refractivity (Wildman–Crippen MR) is 70.0 cm³/mol. The molecule has 0 aromatic heterocycles. The van der Waals surface area contributed by atoms with Gasteiger partial charge in [0.1, 0.15) is 6.04 Å². The Bertz CT molecular complexity index is 453. The first-order valence-electron chi connectivity index (χ1n) is 4.72. The summed E-state index contributed by atoms with van der Waals surface area (Å²) in [5.41, 5.74) is 5.55. The number of anilines is 1. The minimum atomic E-state index is -0.874. The van der Waals surface area contributed by atoms with E-state index in [0.717, 1.165) is 0 Å². The zero-order valence-electron chi connectivity index (χ0n) is 8.96. The van der Waals surface area contributed by atoms with Crippen LogP contribution < -0.4 is 16.4 Å². The fourth-order valence-corrected chi connectivity index (χ4v) is 1.63. The highest BCUT2D eigenvalue weighted by molar-refractivity contribution is 9.10. The zero-order chi connectivity index (χ0) is 13.0. The smallest absolute Gasteiger partial charge is 0.318 e. The molecule has 4 N–H and O–H groups in total. The highest BCUT2D eigenvalue weighted by Crippen LogP contribution is 2.25. The van der Waals surface area contributed by atoms with E-state index < -0.39 is 18.0 Å². The summed E-state index contributed by atoms with van der Waals surface area (Å²) in [7, 11) is 0. The van der Waals surface area contributed by atoms with Crippen molar-refractivity contribution in [1.82, 2.24) is 5.32 Å². The monoisotopic (exact) mass is 319 g/mol. The van der Waals surface area contributed by atoms with Crippen LogP contribution in [-0.2, 0) is 4.79 Å². The summed E-state index contributed by atoms with van der Waals surface area (Å²) < 4.78 is 0.715. The van der Waals surface area contributed by atoms with Gasteiger partial charge in [0.15, 0.2) is 0 Å². The number of nitrogens with two attached hydrogens (primary N) is 1. The van der Waals surface area contributed by atoms with Crippen molar-refractivity contribution in [3.63, 3.8) is 0 Å². The highest BCUT2D eigenvalue weighted by Gasteiger charge is 2.14. The number of halogens is 2. The molecule has 7 heteroatoms. The van der Waals surface area contributed by atoms with Crippen LogP contribution in [-0.4, -0.2) is 18.0 Å². The van der Waals surface area contributed by atoms with Crippen molar-refractivity contribution in [1.29, 1.82) is 0 Å². The van der Waals surface area contributed by atoms with Crippen molar-refractivity contribution in [2.75, 3.05) is 5.32 Å². The topological polar surface area (TPSA) is 84.2 Å². The number of hydrogen-bond donors (Lipinski definition) is 3. The number of amides is 3. The lowest BCUT2D eigenvalue weighted by Gasteiger charge is -2.14. The maximum Gasteiger partial charge on any atom is 0.318 e. The number of rotatable bonds is 3. The molecule has 0 saturated heterocycles. The van der Waals surface area contributed by atoms with Crippen molar-refractivity contribution < 1.29 is 9.59 Å². The molecule has 1 unspecified atom stereocenters. The molecule has 92 valence electrons. The third-order valence-electron chi connectivity index (χ3n) is 1.94. The van der Waals surface area contributed by atoms with E-state index in [0.29, 0.717) is 15.2 Å². The fraction of sp³-hybridized carbons (Fsp3) is 0.200. The lowest BCUT2D eigenvalue weighted by Crippen LogP contribution is -2.43. The Morgan fingerprint density at radius 1 is 1.47 bits per heavy atom. The molecule has 1 rings (SSSR count). The van der Waals surface area contributed by atoms with Crippen LogP contribution in [0.5, 0.6) is 0 Å². The van der Waals surface area contributed by atoms with Gasteiger partial charge in [-0.3, -0.25) is 10.1 Å². The molecule has 3 amide bonds. The Kier molecular flexibility index (Phi) is 4.77. The zero-order valence-corrected chi connectivity index (χ0v) is 11.3. The van der Waals surface area contributed by atoms with Gasteiger partial charge >= 0.3 is 6.03 Å². The second-order valence-corrected chi connectivity index (χ2v) is 4.61. The maximum atomic E-state index is 11.4. The average Bonchev–Trinajstić information content (AvgIpc) is 2.22. The second kappa shape index (κ2) is 5.88. The van der Waals surface area contributed by atoms with Crippen LogP contribution in [0.2, 0.25) is 5.02 Å². The summed E-state index contributed by atoms with van der Waals surface area (Å²) in [6, 6.07) is 3.68. The summed E-state index contributed by atoms with van der Waals surface area (Å²) >= 11 is 9.10. The molecule has 0 fully saturated rings. The number of carbonyl (C=O) groups excluding carboxylic acids is 2. The third kappa shape index (κ3) is 4.24. The van der Waals surface area contributed by atoms with E-state index in [2.05, 4.69) is 21.2 Å². The van der Waals surface area contributed by atoms with E-state index in [1.807, 2.05) is 5.32 Å². The summed E-state index contributed by atoms with van der Waals surface area (Å²) in [6.45, 7) is 1.61. The van der Waals surface area contributed by atoms with Crippen molar-refractivity contribution in [3.05, 3.63) is 27.7 Å². The van der Waals surface area contributed by atoms with Gasteiger partial charge in [-0.25, -0.2) is 4.79 Å². The van der Waals surface area contributed by atoms with Crippen LogP contribution in [0.15, 0.2) is 22.7 Å². The van der Waals surface area contributed by atoms with E-state index >= 15 is 0 Å². The van der Waals surface area contributed by atoms with Crippen LogP contribution in [0.1, 0.15) is 6.92 Å². The molecular formula is C10H11BrClN3O2. The van der Waals surface area contributed by atoms with E-state index in [1.54, 1.807) is 25.1 Å². The molecular weight excluding hydrogens is 309 g/mol. The van der Waals surface area contributed by atoms with Gasteiger partial charge in [0.25, 0.3) is 0 Å². The van der Waals surface area contributed by atoms with E-state index in [-0.39, 0.29) is 0 Å². The molecule has 0 spiro atoms. The van der Waals surface area contributed by atoms with Crippen LogP contribution in [0.4, 0.5) is 10.5 Å². The van der Waals surface area contributed by atoms with Gasteiger partial charge in [-0.1, -0.05) is 11.6 Å². The Labute approximate surface area is 112 Å². The van der Waals surface area contributed by atoms with Gasteiger partial charge in [0, 0.05) is 10.2 Å². The second-order valence-electron chi connectivity index (χ2n) is 3.35. The summed E-state index contributed by atoms with van der Waals surface area (Å²) in [5, 5.41) is 5.47. The number of carbonyl (C=O) groups is 2. The van der Waals surface area contributed by atoms with Gasteiger partial charge in [-0.15, -0.1) is 0 Å². The molecule has 0 aliphatic carbocycles. The summed E-state index contributed by atoms with van der Waals surface area (Å²) in [5.74, 6) is -0.497. The predicted octanol–water partition coefficient (Wildman–Crippen LogP) is 2.10. The quantitative estimate of drug-likeness (QED) is 0.797. The Hall–Kier alpha value is -1.27. The van der Waals surface area contributed by atoms with Gasteiger partial charge in [0.2, 0.25) is 5.91 Å². The molecule has 5 nitrogen and oxygen atoms in total. The number of hydrogen-bond acceptors (Lipinski definition) is 3. The summed E-state index contributed by atoms with van der Waals surface area (Å²) in [6.07, 6.45) is 0. The van der Waals surface area contributed by atoms with Crippen molar-refractivity contribution in [3.8, 4) is 0 Å². The maximum absolute atomic E-state index is 11.4. The lowest BCUT2D eigenvalue weighted by atomic mass is 10.2. The highest BCUT2D eigenvalue weighted by atomic mass is 79.9. The molecule has 0 aliphatic heterocycles. The standard InChI is InChI=1S/C10H11BrClN3O2/c1-5(9(16)15-10(13)17)14-6-2-3-8(12)7(11)4-6/h2-5,14H,1H3,(H3,13,15,16,17). The fourth-order valence-electron chi connectivity index (χ4n) is 1.13. The molecule has 1 aromatic carbocycles. The SMILES string of the molecule is CC(Nc1ccc(Cl)c(Br)c1)C(=O)NC(N)=O. The summed E-state index contributed by atoms with van der Waals surface area (Å²) in [4.78, 5) is 21.9. The van der Waals surface area contributed by atoms with Crippen LogP contribution in [0, 0.1) is 0 Å². The normalized spacial score (nSPS) is 11.7. The first kappa shape index (κ1) is 13.8. The van der Waals surface area contributed by atoms with Crippen LogP contribution in [0.25, 0.3) is 0 Å². The first-order valence-corrected chi connectivity index (χ1v) is 5.89. The number of urea groups is 1. The van der Waals surface area contributed by atoms with E-state index in [4.69, 9.17) is 17.3 Å². The van der Waals surface area contributed by atoms with Gasteiger partial charge in [0.05, 0.1) is 5.02 Å². The molecule has 0 bridgehead atoms. The van der Waals surface area contributed by atoms with Gasteiger partial charge in [-0.05, 0) is 41.1 Å². The average molecular weight is 321 g/mol. The largest absolute Gasteiger partial charge is 0.374 e. The van der Waals surface area contributed by atoms with Gasteiger partial charge in [-0.2, -0.15) is 0 Å². The molecule has 0 radical (unpaired) electrons. The molecule has 0 saturated carbocycles. The molecule has 1 atom stereocenters. The van der Waals surface area contributed by atoms with Crippen molar-refractivity contribution in [2.24, 2.45) is 5.73 Å².